The minimum absolute atomic E-state index is 0.115. The number of amides is 1. The van der Waals surface area contributed by atoms with E-state index in [1.165, 1.54) is 0 Å². The maximum absolute atomic E-state index is 12.3. The Kier molecular flexibility index (Phi) is 5.60. The summed E-state index contributed by atoms with van der Waals surface area (Å²) in [5.74, 6) is 0.240. The van der Waals surface area contributed by atoms with E-state index >= 15 is 0 Å². The highest BCUT2D eigenvalue weighted by atomic mass is 35.5. The quantitative estimate of drug-likeness (QED) is 0.860. The molecular weight excluding hydrogens is 328 g/mol. The summed E-state index contributed by atoms with van der Waals surface area (Å²) in [4.78, 5) is 14.5. The van der Waals surface area contributed by atoms with Gasteiger partial charge in [-0.1, -0.05) is 29.4 Å². The molecule has 1 aliphatic rings. The first-order valence-electron chi connectivity index (χ1n) is 7.76. The second-order valence-electron chi connectivity index (χ2n) is 5.60. The van der Waals surface area contributed by atoms with Crippen molar-refractivity contribution in [3.8, 4) is 0 Å². The fraction of sp³-hybridized carbons (Fsp3) is 0.278. The van der Waals surface area contributed by atoms with Crippen molar-refractivity contribution in [2.75, 3.05) is 18.4 Å². The van der Waals surface area contributed by atoms with E-state index in [0.29, 0.717) is 0 Å². The van der Waals surface area contributed by atoms with Crippen LogP contribution in [0.4, 0.5) is 5.69 Å². The average molecular weight is 347 g/mol. The SMILES string of the molecule is O=C(Nc1cccc(Sc2ccc(Cl)cc2)c1)C1CCNCC1. The average Bonchev–Trinajstić information content (AvgIpc) is 2.58. The van der Waals surface area contributed by atoms with Crippen LogP contribution in [0.3, 0.4) is 0 Å². The lowest BCUT2D eigenvalue weighted by Gasteiger charge is -2.21. The number of carbonyl (C=O) groups excluding carboxylic acids is 1. The molecule has 0 saturated carbocycles. The highest BCUT2D eigenvalue weighted by Crippen LogP contribution is 2.30. The summed E-state index contributed by atoms with van der Waals surface area (Å²) in [5.41, 5.74) is 0.854. The van der Waals surface area contributed by atoms with Crippen LogP contribution in [0.15, 0.2) is 58.3 Å². The molecule has 0 spiro atoms. The van der Waals surface area contributed by atoms with Crippen LogP contribution in [-0.2, 0) is 4.79 Å². The summed E-state index contributed by atoms with van der Waals surface area (Å²) in [7, 11) is 0. The van der Waals surface area contributed by atoms with E-state index in [1.807, 2.05) is 48.5 Å². The van der Waals surface area contributed by atoms with Crippen molar-refractivity contribution in [2.24, 2.45) is 5.92 Å². The Morgan fingerprint density at radius 3 is 2.57 bits per heavy atom. The van der Waals surface area contributed by atoms with Gasteiger partial charge in [-0.25, -0.2) is 0 Å². The Morgan fingerprint density at radius 1 is 1.09 bits per heavy atom. The third kappa shape index (κ3) is 4.74. The summed E-state index contributed by atoms with van der Waals surface area (Å²) >= 11 is 7.56. The molecule has 23 heavy (non-hydrogen) atoms. The normalized spacial score (nSPS) is 15.3. The Bertz CT molecular complexity index is 669. The van der Waals surface area contributed by atoms with Crippen molar-refractivity contribution in [3.63, 3.8) is 0 Å². The number of benzene rings is 2. The second kappa shape index (κ2) is 7.86. The van der Waals surface area contributed by atoms with Crippen LogP contribution in [-0.4, -0.2) is 19.0 Å². The van der Waals surface area contributed by atoms with Gasteiger partial charge in [-0.2, -0.15) is 0 Å². The molecule has 1 saturated heterocycles. The summed E-state index contributed by atoms with van der Waals surface area (Å²) in [6.07, 6.45) is 1.82. The number of piperidine rings is 1. The van der Waals surface area contributed by atoms with Gasteiger partial charge in [0.05, 0.1) is 0 Å². The van der Waals surface area contributed by atoms with Gasteiger partial charge >= 0.3 is 0 Å². The molecular formula is C18H19ClN2OS. The van der Waals surface area contributed by atoms with Crippen molar-refractivity contribution < 1.29 is 4.79 Å². The molecule has 0 atom stereocenters. The van der Waals surface area contributed by atoms with E-state index in [2.05, 4.69) is 10.6 Å². The summed E-state index contributed by atoms with van der Waals surface area (Å²) < 4.78 is 0. The fourth-order valence-electron chi connectivity index (χ4n) is 2.60. The van der Waals surface area contributed by atoms with Crippen molar-refractivity contribution in [3.05, 3.63) is 53.6 Å². The number of carbonyl (C=O) groups is 1. The topological polar surface area (TPSA) is 41.1 Å². The first kappa shape index (κ1) is 16.4. The largest absolute Gasteiger partial charge is 0.326 e. The lowest BCUT2D eigenvalue weighted by molar-refractivity contribution is -0.120. The molecule has 1 amide bonds. The number of halogens is 1. The summed E-state index contributed by atoms with van der Waals surface area (Å²) in [5, 5.41) is 7.06. The lowest BCUT2D eigenvalue weighted by atomic mass is 9.97. The predicted molar refractivity (Wildman–Crippen MR) is 96.2 cm³/mol. The van der Waals surface area contributed by atoms with Gasteiger partial charge in [0.2, 0.25) is 5.91 Å². The van der Waals surface area contributed by atoms with Crippen molar-refractivity contribution in [1.82, 2.24) is 5.32 Å². The molecule has 0 radical (unpaired) electrons. The molecule has 2 aromatic carbocycles. The van der Waals surface area contributed by atoms with Crippen LogP contribution >= 0.6 is 23.4 Å². The van der Waals surface area contributed by atoms with Crippen molar-refractivity contribution >= 4 is 35.0 Å². The van der Waals surface area contributed by atoms with E-state index in [-0.39, 0.29) is 11.8 Å². The van der Waals surface area contributed by atoms with E-state index in [0.717, 1.165) is 46.4 Å². The van der Waals surface area contributed by atoms with Crippen LogP contribution in [0, 0.1) is 5.92 Å². The molecule has 2 N–H and O–H groups in total. The van der Waals surface area contributed by atoms with Crippen LogP contribution in [0.25, 0.3) is 0 Å². The van der Waals surface area contributed by atoms with Crippen molar-refractivity contribution in [2.45, 2.75) is 22.6 Å². The van der Waals surface area contributed by atoms with Crippen LogP contribution in [0.5, 0.6) is 0 Å². The fourth-order valence-corrected chi connectivity index (χ4v) is 3.61. The van der Waals surface area contributed by atoms with Gasteiger partial charge in [0, 0.05) is 26.4 Å². The van der Waals surface area contributed by atoms with Crippen LogP contribution in [0.1, 0.15) is 12.8 Å². The number of nitrogens with one attached hydrogen (secondary N) is 2. The second-order valence-corrected chi connectivity index (χ2v) is 7.18. The standard InChI is InChI=1S/C18H19ClN2OS/c19-14-4-6-16(7-5-14)23-17-3-1-2-15(12-17)21-18(22)13-8-10-20-11-9-13/h1-7,12-13,20H,8-11H2,(H,21,22). The summed E-state index contributed by atoms with van der Waals surface area (Å²) in [6, 6.07) is 15.7. The third-order valence-corrected chi connectivity index (χ3v) is 5.11. The Hall–Kier alpha value is -1.49. The molecule has 2 aromatic rings. The molecule has 0 aromatic heterocycles. The molecule has 0 unspecified atom stereocenters. The molecule has 1 heterocycles. The summed E-state index contributed by atoms with van der Waals surface area (Å²) in [6.45, 7) is 1.84. The number of rotatable bonds is 4. The number of hydrogen-bond donors (Lipinski definition) is 2. The predicted octanol–water partition coefficient (Wildman–Crippen LogP) is 4.43. The van der Waals surface area contributed by atoms with Gasteiger partial charge in [0.1, 0.15) is 0 Å². The molecule has 0 bridgehead atoms. The van der Waals surface area contributed by atoms with E-state index in [1.54, 1.807) is 11.8 Å². The van der Waals surface area contributed by atoms with Gasteiger partial charge in [-0.15, -0.1) is 0 Å². The molecule has 3 rings (SSSR count). The molecule has 0 aliphatic carbocycles. The highest BCUT2D eigenvalue weighted by molar-refractivity contribution is 7.99. The van der Waals surface area contributed by atoms with E-state index < -0.39 is 0 Å². The Labute approximate surface area is 145 Å². The number of hydrogen-bond acceptors (Lipinski definition) is 3. The monoisotopic (exact) mass is 346 g/mol. The zero-order valence-corrected chi connectivity index (χ0v) is 14.3. The molecule has 1 fully saturated rings. The van der Waals surface area contributed by atoms with E-state index in [9.17, 15) is 4.79 Å². The lowest BCUT2D eigenvalue weighted by Crippen LogP contribution is -2.34. The third-order valence-electron chi connectivity index (χ3n) is 3.86. The Morgan fingerprint density at radius 2 is 1.83 bits per heavy atom. The highest BCUT2D eigenvalue weighted by Gasteiger charge is 2.20. The zero-order valence-electron chi connectivity index (χ0n) is 12.7. The van der Waals surface area contributed by atoms with Gasteiger partial charge < -0.3 is 10.6 Å². The smallest absolute Gasteiger partial charge is 0.227 e. The minimum Gasteiger partial charge on any atom is -0.326 e. The van der Waals surface area contributed by atoms with Gasteiger partial charge in [0.15, 0.2) is 0 Å². The number of anilines is 1. The molecule has 120 valence electrons. The zero-order chi connectivity index (χ0) is 16.1. The van der Waals surface area contributed by atoms with E-state index in [4.69, 9.17) is 11.6 Å². The minimum atomic E-state index is 0.115. The first-order valence-corrected chi connectivity index (χ1v) is 8.95. The molecule has 3 nitrogen and oxygen atoms in total. The Balaban J connectivity index is 1.64. The van der Waals surface area contributed by atoms with Gasteiger partial charge in [-0.3, -0.25) is 4.79 Å². The molecule has 5 heteroatoms. The van der Waals surface area contributed by atoms with Crippen molar-refractivity contribution in [1.29, 1.82) is 0 Å². The van der Waals surface area contributed by atoms with Gasteiger partial charge in [0.25, 0.3) is 0 Å². The maximum Gasteiger partial charge on any atom is 0.227 e. The maximum atomic E-state index is 12.3. The molecule has 1 aliphatic heterocycles. The van der Waals surface area contributed by atoms with Crippen LogP contribution in [0.2, 0.25) is 5.02 Å². The van der Waals surface area contributed by atoms with Gasteiger partial charge in [-0.05, 0) is 68.4 Å². The first-order chi connectivity index (χ1) is 11.2. The van der Waals surface area contributed by atoms with Crippen LogP contribution < -0.4 is 10.6 Å².